The summed E-state index contributed by atoms with van der Waals surface area (Å²) < 4.78 is 48.1. The van der Waals surface area contributed by atoms with E-state index in [1.165, 1.54) is 50.9 Å². The molecule has 4 heterocycles. The number of nitrogens with zero attached hydrogens (tertiary/aromatic N) is 4. The van der Waals surface area contributed by atoms with E-state index in [1.807, 2.05) is 0 Å². The molecule has 36 heavy (non-hydrogen) atoms. The van der Waals surface area contributed by atoms with Crippen molar-refractivity contribution in [3.8, 4) is 0 Å². The average Bonchev–Trinajstić information content (AvgIpc) is 3.52. The topological polar surface area (TPSA) is 66.5 Å². The van der Waals surface area contributed by atoms with E-state index in [4.69, 9.17) is 4.42 Å². The molecule has 2 aliphatic heterocycles. The Morgan fingerprint density at radius 1 is 1.03 bits per heavy atom. The maximum Gasteiger partial charge on any atom is 0.410 e. The van der Waals surface area contributed by atoms with Crippen molar-refractivity contribution in [1.29, 1.82) is 0 Å². The predicted octanol–water partition coefficient (Wildman–Crippen LogP) is 4.86. The highest BCUT2D eigenvalue weighted by atomic mass is 19.4. The quantitative estimate of drug-likeness (QED) is 0.648. The Kier molecular flexibility index (Phi) is 5.04. The number of carbonyl (C=O) groups excluding carboxylic acids is 1. The van der Waals surface area contributed by atoms with E-state index in [0.717, 1.165) is 35.5 Å². The monoisotopic (exact) mass is 503 g/mol. The normalized spacial score (nSPS) is 36.1. The van der Waals surface area contributed by atoms with Gasteiger partial charge < -0.3 is 14.6 Å². The molecule has 8 rings (SSSR count). The van der Waals surface area contributed by atoms with Crippen molar-refractivity contribution < 1.29 is 22.4 Å². The maximum atomic E-state index is 13.9. The van der Waals surface area contributed by atoms with E-state index in [1.54, 1.807) is 17.0 Å². The molecular weight excluding hydrogens is 471 g/mol. The molecule has 0 aromatic carbocycles. The molecule has 7 nitrogen and oxygen atoms in total. The number of halogens is 3. The van der Waals surface area contributed by atoms with Gasteiger partial charge in [-0.1, -0.05) is 0 Å². The average molecular weight is 504 g/mol. The highest BCUT2D eigenvalue weighted by Gasteiger charge is 2.54. The molecule has 6 aliphatic rings. The maximum absolute atomic E-state index is 13.9. The summed E-state index contributed by atoms with van der Waals surface area (Å²) in [4.78, 5) is 17.7. The van der Waals surface area contributed by atoms with Gasteiger partial charge in [-0.25, -0.2) is 4.68 Å². The molecule has 10 heteroatoms. The summed E-state index contributed by atoms with van der Waals surface area (Å²) in [7, 11) is 0. The minimum absolute atomic E-state index is 0.0649. The van der Waals surface area contributed by atoms with Crippen LogP contribution in [0.5, 0.6) is 0 Å². The number of amides is 1. The van der Waals surface area contributed by atoms with Crippen molar-refractivity contribution in [2.24, 2.45) is 17.8 Å². The Bertz CT molecular complexity index is 1100. The third kappa shape index (κ3) is 3.66. The van der Waals surface area contributed by atoms with Gasteiger partial charge in [0.1, 0.15) is 11.6 Å². The van der Waals surface area contributed by atoms with Crippen LogP contribution in [-0.2, 0) is 0 Å². The molecule has 0 spiro atoms. The molecule has 4 bridgehead atoms. The Morgan fingerprint density at radius 2 is 1.69 bits per heavy atom. The minimum atomic E-state index is -4.49. The molecule has 0 radical (unpaired) electrons. The standard InChI is InChI=1S/C26H32F3N5O2/c27-26(28,29)22-11-19(21-2-1-7-36-21)30-23-12-20(31-34(22)23)24(35)32-3-5-33(6-4-32)25-13-16-8-17(14-25)10-18(9-16)15-25/h1-2,7,12,16-19,22,30H,3-6,8-11,13-15H2. The Hall–Kier alpha value is -2.49. The minimum Gasteiger partial charge on any atom is -0.467 e. The van der Waals surface area contributed by atoms with E-state index in [-0.39, 0.29) is 23.8 Å². The number of fused-ring (bicyclic) bond motifs is 1. The molecule has 1 amide bonds. The van der Waals surface area contributed by atoms with Gasteiger partial charge in [0.25, 0.3) is 5.91 Å². The first-order chi connectivity index (χ1) is 17.3. The number of aromatic nitrogens is 2. The number of hydrogen-bond acceptors (Lipinski definition) is 5. The SMILES string of the molecule is O=C(c1cc2n(n1)C(C(F)(F)F)CC(c1ccco1)N2)N1CCN(C23CC4CC(CC(C4)C2)C3)CC1. The zero-order valence-electron chi connectivity index (χ0n) is 20.2. The van der Waals surface area contributed by atoms with Crippen LogP contribution >= 0.6 is 0 Å². The zero-order chi connectivity index (χ0) is 24.7. The molecule has 1 saturated heterocycles. The van der Waals surface area contributed by atoms with Crippen molar-refractivity contribution >= 4 is 11.7 Å². The first kappa shape index (κ1) is 22.7. The lowest BCUT2D eigenvalue weighted by Crippen LogP contribution is -2.64. The second-order valence-electron chi connectivity index (χ2n) is 11.8. The van der Waals surface area contributed by atoms with Crippen LogP contribution in [0.25, 0.3) is 0 Å². The molecule has 4 saturated carbocycles. The van der Waals surface area contributed by atoms with Gasteiger partial charge in [0.05, 0.1) is 12.3 Å². The Morgan fingerprint density at radius 3 is 2.28 bits per heavy atom. The first-order valence-electron chi connectivity index (χ1n) is 13.3. The van der Waals surface area contributed by atoms with E-state index in [2.05, 4.69) is 15.3 Å². The largest absolute Gasteiger partial charge is 0.467 e. The number of piperazine rings is 1. The number of anilines is 1. The molecular formula is C26H32F3N5O2. The number of furan rings is 1. The summed E-state index contributed by atoms with van der Waals surface area (Å²) in [6, 6.07) is 2.32. The second-order valence-corrected chi connectivity index (χ2v) is 11.8. The van der Waals surface area contributed by atoms with Crippen molar-refractivity contribution in [3.63, 3.8) is 0 Å². The number of alkyl halides is 3. The van der Waals surface area contributed by atoms with Gasteiger partial charge in [0.2, 0.25) is 0 Å². The van der Waals surface area contributed by atoms with Gasteiger partial charge in [-0.2, -0.15) is 18.3 Å². The van der Waals surface area contributed by atoms with E-state index in [0.29, 0.717) is 24.4 Å². The Balaban J connectivity index is 1.07. The summed E-state index contributed by atoms with van der Waals surface area (Å²) in [6.45, 7) is 2.84. The van der Waals surface area contributed by atoms with Crippen LogP contribution in [0.2, 0.25) is 0 Å². The number of carbonyl (C=O) groups is 1. The lowest BCUT2D eigenvalue weighted by atomic mass is 9.52. The van der Waals surface area contributed by atoms with Crippen LogP contribution in [0.15, 0.2) is 28.9 Å². The highest BCUT2D eigenvalue weighted by Crippen LogP contribution is 2.58. The molecule has 4 aliphatic carbocycles. The zero-order valence-corrected chi connectivity index (χ0v) is 20.2. The third-order valence-corrected chi connectivity index (χ3v) is 9.54. The molecule has 2 unspecified atom stereocenters. The summed E-state index contributed by atoms with van der Waals surface area (Å²) in [5.41, 5.74) is 0.373. The van der Waals surface area contributed by atoms with E-state index >= 15 is 0 Å². The number of hydrogen-bond donors (Lipinski definition) is 1. The molecule has 1 N–H and O–H groups in total. The smallest absolute Gasteiger partial charge is 0.410 e. The summed E-state index contributed by atoms with van der Waals surface area (Å²) >= 11 is 0. The van der Waals surface area contributed by atoms with Gasteiger partial charge in [-0.15, -0.1) is 0 Å². The Labute approximate surface area is 208 Å². The summed E-state index contributed by atoms with van der Waals surface area (Å²) in [5, 5.41) is 7.25. The predicted molar refractivity (Wildman–Crippen MR) is 125 cm³/mol. The van der Waals surface area contributed by atoms with Crippen LogP contribution in [0, 0.1) is 17.8 Å². The lowest BCUT2D eigenvalue weighted by Gasteiger charge is -2.61. The van der Waals surface area contributed by atoms with Crippen LogP contribution in [0.1, 0.15) is 73.3 Å². The van der Waals surface area contributed by atoms with Gasteiger partial charge in [-0.3, -0.25) is 9.69 Å². The third-order valence-electron chi connectivity index (χ3n) is 9.54. The molecule has 5 fully saturated rings. The van der Waals surface area contributed by atoms with Gasteiger partial charge in [-0.05, 0) is 68.4 Å². The van der Waals surface area contributed by atoms with Gasteiger partial charge >= 0.3 is 6.18 Å². The number of rotatable bonds is 3. The molecule has 2 aromatic rings. The van der Waals surface area contributed by atoms with Crippen LogP contribution in [0.4, 0.5) is 19.0 Å². The summed E-state index contributed by atoms with van der Waals surface area (Å²) in [6.07, 6.45) is 4.79. The van der Waals surface area contributed by atoms with Crippen LogP contribution in [-0.4, -0.2) is 63.4 Å². The fraction of sp³-hybridized carbons (Fsp3) is 0.692. The van der Waals surface area contributed by atoms with Crippen molar-refractivity contribution in [2.45, 2.75) is 68.7 Å². The van der Waals surface area contributed by atoms with Crippen molar-refractivity contribution in [3.05, 3.63) is 35.9 Å². The van der Waals surface area contributed by atoms with Gasteiger partial charge in [0.15, 0.2) is 11.7 Å². The van der Waals surface area contributed by atoms with Crippen molar-refractivity contribution in [2.75, 3.05) is 31.5 Å². The lowest BCUT2D eigenvalue weighted by molar-refractivity contribution is -0.174. The van der Waals surface area contributed by atoms with Gasteiger partial charge in [0, 0.05) is 44.2 Å². The van der Waals surface area contributed by atoms with E-state index < -0.39 is 18.3 Å². The number of nitrogens with one attached hydrogen (secondary N) is 1. The van der Waals surface area contributed by atoms with E-state index in [9.17, 15) is 18.0 Å². The molecule has 2 aromatic heterocycles. The molecule has 2 atom stereocenters. The fourth-order valence-electron chi connectivity index (χ4n) is 8.35. The highest BCUT2D eigenvalue weighted by molar-refractivity contribution is 5.93. The fourth-order valence-corrected chi connectivity index (χ4v) is 8.35. The molecule has 194 valence electrons. The van der Waals surface area contributed by atoms with Crippen molar-refractivity contribution in [1.82, 2.24) is 19.6 Å². The van der Waals surface area contributed by atoms with Crippen LogP contribution < -0.4 is 5.32 Å². The van der Waals surface area contributed by atoms with Crippen LogP contribution in [0.3, 0.4) is 0 Å². The second kappa shape index (κ2) is 8.00. The first-order valence-corrected chi connectivity index (χ1v) is 13.3. The summed E-state index contributed by atoms with van der Waals surface area (Å²) in [5.74, 6) is 2.94.